The number of amides is 3. The summed E-state index contributed by atoms with van der Waals surface area (Å²) in [4.78, 5) is 30.5. The average Bonchev–Trinajstić information content (AvgIpc) is 2.73. The van der Waals surface area contributed by atoms with Crippen LogP contribution in [0, 0.1) is 0 Å². The van der Waals surface area contributed by atoms with Crippen LogP contribution < -0.4 is 10.6 Å². The zero-order valence-electron chi connectivity index (χ0n) is 12.2. The van der Waals surface area contributed by atoms with E-state index in [1.54, 1.807) is 7.05 Å². The van der Waals surface area contributed by atoms with E-state index >= 15 is 0 Å². The molecule has 0 bridgehead atoms. The zero-order chi connectivity index (χ0) is 14.9. The Morgan fingerprint density at radius 1 is 1.29 bits per heavy atom. The summed E-state index contributed by atoms with van der Waals surface area (Å²) < 4.78 is 0. The summed E-state index contributed by atoms with van der Waals surface area (Å²) in [5.74, 6) is 0.635. The Hall–Kier alpha value is -2.11. The molecule has 2 fully saturated rings. The Morgan fingerprint density at radius 3 is 2.76 bits per heavy atom. The van der Waals surface area contributed by atoms with Gasteiger partial charge in [-0.05, 0) is 25.0 Å². The van der Waals surface area contributed by atoms with Crippen LogP contribution in [0.2, 0.25) is 0 Å². The van der Waals surface area contributed by atoms with Crippen molar-refractivity contribution in [2.45, 2.75) is 44.2 Å². The van der Waals surface area contributed by atoms with Crippen molar-refractivity contribution in [3.8, 4) is 0 Å². The SMILES string of the molecule is CNc1cccc(CN2C(=O)NC3(CCCCC3)C2=O)n1. The number of hydrogen-bond donors (Lipinski definition) is 2. The quantitative estimate of drug-likeness (QED) is 0.833. The molecule has 0 aromatic carbocycles. The number of carbonyl (C=O) groups is 2. The first kappa shape index (κ1) is 13.9. The lowest BCUT2D eigenvalue weighted by atomic mass is 9.82. The largest absolute Gasteiger partial charge is 0.373 e. The van der Waals surface area contributed by atoms with Gasteiger partial charge in [0.15, 0.2) is 0 Å². The molecule has 1 aliphatic carbocycles. The summed E-state index contributed by atoms with van der Waals surface area (Å²) in [5, 5.41) is 5.87. The van der Waals surface area contributed by atoms with Gasteiger partial charge in [0.05, 0.1) is 12.2 Å². The molecule has 2 N–H and O–H groups in total. The number of nitrogens with one attached hydrogen (secondary N) is 2. The molecule has 0 radical (unpaired) electrons. The lowest BCUT2D eigenvalue weighted by molar-refractivity contribution is -0.132. The third kappa shape index (κ3) is 2.46. The molecule has 6 nitrogen and oxygen atoms in total. The second kappa shape index (κ2) is 5.35. The molecule has 1 saturated heterocycles. The molecule has 112 valence electrons. The van der Waals surface area contributed by atoms with E-state index in [2.05, 4.69) is 15.6 Å². The number of aromatic nitrogens is 1. The van der Waals surface area contributed by atoms with E-state index in [1.807, 2.05) is 18.2 Å². The van der Waals surface area contributed by atoms with Gasteiger partial charge in [-0.25, -0.2) is 9.78 Å². The Kier molecular flexibility index (Phi) is 3.53. The monoisotopic (exact) mass is 288 g/mol. The highest BCUT2D eigenvalue weighted by molar-refractivity contribution is 6.07. The molecular weight excluding hydrogens is 268 g/mol. The minimum absolute atomic E-state index is 0.0936. The average molecular weight is 288 g/mol. The molecule has 0 unspecified atom stereocenters. The van der Waals surface area contributed by atoms with Crippen molar-refractivity contribution in [2.75, 3.05) is 12.4 Å². The molecule has 1 aliphatic heterocycles. The van der Waals surface area contributed by atoms with Crippen molar-refractivity contribution >= 4 is 17.8 Å². The van der Waals surface area contributed by atoms with Crippen LogP contribution >= 0.6 is 0 Å². The van der Waals surface area contributed by atoms with Gasteiger partial charge in [0.1, 0.15) is 11.4 Å². The topological polar surface area (TPSA) is 74.3 Å². The third-order valence-electron chi connectivity index (χ3n) is 4.34. The first-order valence-corrected chi connectivity index (χ1v) is 7.42. The molecule has 0 atom stereocenters. The Labute approximate surface area is 123 Å². The molecular formula is C15H20N4O2. The second-order valence-corrected chi connectivity index (χ2v) is 5.73. The smallest absolute Gasteiger partial charge is 0.325 e. The van der Waals surface area contributed by atoms with Gasteiger partial charge in [0, 0.05) is 7.05 Å². The number of anilines is 1. The standard InChI is InChI=1S/C15H20N4O2/c1-16-12-7-5-6-11(17-12)10-19-13(20)15(18-14(19)21)8-3-2-4-9-15/h5-7H,2-4,8-10H2,1H3,(H,16,17)(H,18,21). The van der Waals surface area contributed by atoms with Gasteiger partial charge >= 0.3 is 6.03 Å². The molecule has 2 heterocycles. The number of nitrogens with zero attached hydrogens (tertiary/aromatic N) is 2. The van der Waals surface area contributed by atoms with Crippen LogP contribution in [0.4, 0.5) is 10.6 Å². The van der Waals surface area contributed by atoms with Gasteiger partial charge in [-0.2, -0.15) is 0 Å². The van der Waals surface area contributed by atoms with Gasteiger partial charge in [-0.3, -0.25) is 9.69 Å². The second-order valence-electron chi connectivity index (χ2n) is 5.73. The van der Waals surface area contributed by atoms with Crippen LogP contribution in [0.25, 0.3) is 0 Å². The van der Waals surface area contributed by atoms with Crippen molar-refractivity contribution in [3.05, 3.63) is 23.9 Å². The Bertz CT molecular complexity index is 567. The van der Waals surface area contributed by atoms with Crippen molar-refractivity contribution in [1.29, 1.82) is 0 Å². The highest BCUT2D eigenvalue weighted by Gasteiger charge is 2.51. The van der Waals surface area contributed by atoms with Crippen LogP contribution in [0.15, 0.2) is 18.2 Å². The molecule has 3 rings (SSSR count). The van der Waals surface area contributed by atoms with E-state index in [9.17, 15) is 9.59 Å². The van der Waals surface area contributed by atoms with Gasteiger partial charge in [0.25, 0.3) is 5.91 Å². The molecule has 2 aliphatic rings. The summed E-state index contributed by atoms with van der Waals surface area (Å²) >= 11 is 0. The predicted molar refractivity (Wildman–Crippen MR) is 78.7 cm³/mol. The van der Waals surface area contributed by atoms with Crippen LogP contribution in [0.5, 0.6) is 0 Å². The first-order valence-electron chi connectivity index (χ1n) is 7.42. The van der Waals surface area contributed by atoms with Crippen LogP contribution in [0.3, 0.4) is 0 Å². The minimum Gasteiger partial charge on any atom is -0.373 e. The van der Waals surface area contributed by atoms with Crippen LogP contribution in [-0.4, -0.2) is 34.4 Å². The number of hydrogen-bond acceptors (Lipinski definition) is 4. The fourth-order valence-electron chi connectivity index (χ4n) is 3.18. The number of imide groups is 1. The summed E-state index contributed by atoms with van der Waals surface area (Å²) in [6, 6.07) is 5.24. The maximum Gasteiger partial charge on any atom is 0.325 e. The van der Waals surface area contributed by atoms with Gasteiger partial charge in [-0.15, -0.1) is 0 Å². The highest BCUT2D eigenvalue weighted by atomic mass is 16.2. The summed E-state index contributed by atoms with van der Waals surface area (Å²) in [6.07, 6.45) is 4.62. The molecule has 6 heteroatoms. The number of urea groups is 1. The zero-order valence-corrected chi connectivity index (χ0v) is 12.2. The van der Waals surface area contributed by atoms with Crippen molar-refractivity contribution in [2.24, 2.45) is 0 Å². The van der Waals surface area contributed by atoms with Crippen molar-refractivity contribution < 1.29 is 9.59 Å². The summed E-state index contributed by atoms with van der Waals surface area (Å²) in [5.41, 5.74) is 0.0499. The van der Waals surface area contributed by atoms with E-state index in [0.717, 1.165) is 37.9 Å². The lowest BCUT2D eigenvalue weighted by Crippen LogP contribution is -2.48. The fourth-order valence-corrected chi connectivity index (χ4v) is 3.18. The summed E-state index contributed by atoms with van der Waals surface area (Å²) in [7, 11) is 1.79. The van der Waals surface area contributed by atoms with E-state index in [-0.39, 0.29) is 18.5 Å². The molecule has 1 saturated carbocycles. The van der Waals surface area contributed by atoms with Gasteiger partial charge in [0.2, 0.25) is 0 Å². The highest BCUT2D eigenvalue weighted by Crippen LogP contribution is 2.34. The molecule has 1 spiro atoms. The van der Waals surface area contributed by atoms with Crippen LogP contribution in [0.1, 0.15) is 37.8 Å². The number of pyridine rings is 1. The van der Waals surface area contributed by atoms with Gasteiger partial charge < -0.3 is 10.6 Å². The summed E-state index contributed by atoms with van der Waals surface area (Å²) in [6.45, 7) is 0.224. The van der Waals surface area contributed by atoms with Crippen molar-refractivity contribution in [3.63, 3.8) is 0 Å². The maximum absolute atomic E-state index is 12.7. The molecule has 21 heavy (non-hydrogen) atoms. The molecule has 3 amide bonds. The number of carbonyl (C=O) groups excluding carboxylic acids is 2. The van der Waals surface area contributed by atoms with Crippen LogP contribution in [-0.2, 0) is 11.3 Å². The third-order valence-corrected chi connectivity index (χ3v) is 4.34. The first-order chi connectivity index (χ1) is 10.1. The van der Waals surface area contributed by atoms with Crippen molar-refractivity contribution in [1.82, 2.24) is 15.2 Å². The van der Waals surface area contributed by atoms with E-state index in [4.69, 9.17) is 0 Å². The molecule has 1 aromatic rings. The van der Waals surface area contributed by atoms with E-state index in [0.29, 0.717) is 5.69 Å². The van der Waals surface area contributed by atoms with E-state index < -0.39 is 5.54 Å². The van der Waals surface area contributed by atoms with E-state index in [1.165, 1.54) is 4.90 Å². The Morgan fingerprint density at radius 2 is 2.05 bits per heavy atom. The van der Waals surface area contributed by atoms with Gasteiger partial charge in [-0.1, -0.05) is 25.3 Å². The minimum atomic E-state index is -0.657. The lowest BCUT2D eigenvalue weighted by Gasteiger charge is -2.30. The maximum atomic E-state index is 12.7. The normalized spacial score (nSPS) is 20.7. The molecule has 1 aromatic heterocycles. The predicted octanol–water partition coefficient (Wildman–Crippen LogP) is 1.88. The fraction of sp³-hybridized carbons (Fsp3) is 0.533. The number of rotatable bonds is 3. The Balaban J connectivity index is 1.79.